The number of hydrogen-bond acceptors (Lipinski definition) is 4. The van der Waals surface area contributed by atoms with E-state index < -0.39 is 0 Å². The summed E-state index contributed by atoms with van der Waals surface area (Å²) in [4.78, 5) is 12.6. The highest BCUT2D eigenvalue weighted by atomic mass is 15.1. The number of aromatic nitrogens is 3. The number of anilines is 1. The summed E-state index contributed by atoms with van der Waals surface area (Å²) in [7, 11) is 0. The highest BCUT2D eigenvalue weighted by Crippen LogP contribution is 2.07. The third-order valence-corrected chi connectivity index (χ3v) is 2.16. The average molecular weight is 214 g/mol. The molecule has 2 aromatic rings. The van der Waals surface area contributed by atoms with Crippen LogP contribution in [0.5, 0.6) is 0 Å². The standard InChI is InChI=1S/C12H14N4/c1-2-14-12-15-7-5-11(16-12)8-10-4-3-6-13-9-10/h3-7,9H,2,8H2,1H3,(H,14,15,16). The molecule has 4 nitrogen and oxygen atoms in total. The monoisotopic (exact) mass is 214 g/mol. The average Bonchev–Trinajstić information content (AvgIpc) is 2.31. The number of nitrogens with zero attached hydrogens (tertiary/aromatic N) is 3. The smallest absolute Gasteiger partial charge is 0.222 e. The van der Waals surface area contributed by atoms with E-state index in [1.807, 2.05) is 31.3 Å². The Hall–Kier alpha value is -1.97. The molecule has 4 heteroatoms. The Bertz CT molecular complexity index is 442. The van der Waals surface area contributed by atoms with Gasteiger partial charge in [-0.25, -0.2) is 9.97 Å². The molecule has 0 radical (unpaired) electrons. The Morgan fingerprint density at radius 3 is 2.94 bits per heavy atom. The molecule has 0 spiro atoms. The van der Waals surface area contributed by atoms with Crippen LogP contribution >= 0.6 is 0 Å². The first-order valence-corrected chi connectivity index (χ1v) is 5.33. The van der Waals surface area contributed by atoms with Crippen LogP contribution < -0.4 is 5.32 Å². The molecule has 82 valence electrons. The molecule has 0 fully saturated rings. The van der Waals surface area contributed by atoms with Crippen LogP contribution in [0.2, 0.25) is 0 Å². The minimum Gasteiger partial charge on any atom is -0.354 e. The summed E-state index contributed by atoms with van der Waals surface area (Å²) >= 11 is 0. The van der Waals surface area contributed by atoms with Crippen molar-refractivity contribution in [1.29, 1.82) is 0 Å². The zero-order valence-corrected chi connectivity index (χ0v) is 9.22. The van der Waals surface area contributed by atoms with Gasteiger partial charge >= 0.3 is 0 Å². The zero-order chi connectivity index (χ0) is 11.2. The van der Waals surface area contributed by atoms with Crippen LogP contribution in [-0.2, 0) is 6.42 Å². The van der Waals surface area contributed by atoms with Crippen LogP contribution in [0, 0.1) is 0 Å². The predicted octanol–water partition coefficient (Wildman–Crippen LogP) is 1.89. The molecule has 0 bridgehead atoms. The quantitative estimate of drug-likeness (QED) is 0.844. The van der Waals surface area contributed by atoms with Crippen molar-refractivity contribution >= 4 is 5.95 Å². The summed E-state index contributed by atoms with van der Waals surface area (Å²) in [6, 6.07) is 5.90. The molecule has 1 N–H and O–H groups in total. The van der Waals surface area contributed by atoms with E-state index >= 15 is 0 Å². The summed E-state index contributed by atoms with van der Waals surface area (Å²) in [6.45, 7) is 2.85. The topological polar surface area (TPSA) is 50.7 Å². The SMILES string of the molecule is CCNc1nccc(Cc2cccnc2)n1. The number of nitrogens with one attached hydrogen (secondary N) is 1. The van der Waals surface area contributed by atoms with Crippen LogP contribution in [0.15, 0.2) is 36.8 Å². The second-order valence-electron chi connectivity index (χ2n) is 3.44. The van der Waals surface area contributed by atoms with E-state index in [1.54, 1.807) is 12.4 Å². The van der Waals surface area contributed by atoms with Crippen molar-refractivity contribution in [2.45, 2.75) is 13.3 Å². The fraction of sp³-hybridized carbons (Fsp3) is 0.250. The molecule has 16 heavy (non-hydrogen) atoms. The van der Waals surface area contributed by atoms with Gasteiger partial charge in [0, 0.05) is 31.6 Å². The summed E-state index contributed by atoms with van der Waals surface area (Å²) in [5.74, 6) is 0.684. The van der Waals surface area contributed by atoms with Gasteiger partial charge in [-0.05, 0) is 24.6 Å². The zero-order valence-electron chi connectivity index (χ0n) is 9.22. The van der Waals surface area contributed by atoms with E-state index in [0.29, 0.717) is 5.95 Å². The first kappa shape index (κ1) is 10.5. The fourth-order valence-electron chi connectivity index (χ4n) is 1.45. The van der Waals surface area contributed by atoms with Gasteiger partial charge < -0.3 is 5.32 Å². The lowest BCUT2D eigenvalue weighted by Gasteiger charge is -2.04. The number of hydrogen-bond donors (Lipinski definition) is 1. The van der Waals surface area contributed by atoms with Gasteiger partial charge in [0.05, 0.1) is 5.69 Å². The van der Waals surface area contributed by atoms with E-state index in [2.05, 4.69) is 20.3 Å². The molecule has 0 unspecified atom stereocenters. The fourth-order valence-corrected chi connectivity index (χ4v) is 1.45. The summed E-state index contributed by atoms with van der Waals surface area (Å²) in [6.07, 6.45) is 6.19. The van der Waals surface area contributed by atoms with E-state index in [4.69, 9.17) is 0 Å². The molecule has 0 aliphatic rings. The molecule has 0 aliphatic heterocycles. The second kappa shape index (κ2) is 5.21. The maximum absolute atomic E-state index is 4.41. The molecule has 0 atom stereocenters. The Morgan fingerprint density at radius 1 is 1.25 bits per heavy atom. The molecule has 0 aromatic carbocycles. The minimum absolute atomic E-state index is 0.684. The number of pyridine rings is 1. The van der Waals surface area contributed by atoms with Crippen molar-refractivity contribution in [2.75, 3.05) is 11.9 Å². The lowest BCUT2D eigenvalue weighted by atomic mass is 10.1. The van der Waals surface area contributed by atoms with E-state index in [-0.39, 0.29) is 0 Å². The molecule has 2 heterocycles. The van der Waals surface area contributed by atoms with Gasteiger partial charge in [-0.15, -0.1) is 0 Å². The van der Waals surface area contributed by atoms with E-state index in [9.17, 15) is 0 Å². The second-order valence-corrected chi connectivity index (χ2v) is 3.44. The molecular weight excluding hydrogens is 200 g/mol. The van der Waals surface area contributed by atoms with Crippen LogP contribution in [0.4, 0.5) is 5.95 Å². The Morgan fingerprint density at radius 2 is 2.19 bits per heavy atom. The number of rotatable bonds is 4. The van der Waals surface area contributed by atoms with E-state index in [0.717, 1.165) is 24.2 Å². The first-order chi connectivity index (χ1) is 7.88. The maximum Gasteiger partial charge on any atom is 0.222 e. The molecule has 2 rings (SSSR count). The van der Waals surface area contributed by atoms with Gasteiger partial charge in [0.2, 0.25) is 5.95 Å². The van der Waals surface area contributed by atoms with Crippen LogP contribution in [0.3, 0.4) is 0 Å². The molecule has 0 saturated heterocycles. The highest BCUT2D eigenvalue weighted by Gasteiger charge is 1.99. The normalized spacial score (nSPS) is 10.1. The largest absolute Gasteiger partial charge is 0.354 e. The van der Waals surface area contributed by atoms with Crippen LogP contribution in [0.25, 0.3) is 0 Å². The van der Waals surface area contributed by atoms with Crippen molar-refractivity contribution in [3.05, 3.63) is 48.0 Å². The van der Waals surface area contributed by atoms with Gasteiger partial charge in [-0.3, -0.25) is 4.98 Å². The first-order valence-electron chi connectivity index (χ1n) is 5.33. The Kier molecular flexibility index (Phi) is 3.43. The molecule has 0 aliphatic carbocycles. The van der Waals surface area contributed by atoms with Crippen molar-refractivity contribution < 1.29 is 0 Å². The van der Waals surface area contributed by atoms with Gasteiger partial charge in [0.15, 0.2) is 0 Å². The predicted molar refractivity (Wildman–Crippen MR) is 63.2 cm³/mol. The van der Waals surface area contributed by atoms with Crippen molar-refractivity contribution in [3.8, 4) is 0 Å². The third-order valence-electron chi connectivity index (χ3n) is 2.16. The lowest BCUT2D eigenvalue weighted by molar-refractivity contribution is 1.000. The third kappa shape index (κ3) is 2.76. The van der Waals surface area contributed by atoms with Gasteiger partial charge in [0.1, 0.15) is 0 Å². The van der Waals surface area contributed by atoms with Crippen LogP contribution in [-0.4, -0.2) is 21.5 Å². The summed E-state index contributed by atoms with van der Waals surface area (Å²) in [5.41, 5.74) is 2.16. The minimum atomic E-state index is 0.684. The highest BCUT2D eigenvalue weighted by molar-refractivity contribution is 5.27. The summed E-state index contributed by atoms with van der Waals surface area (Å²) in [5, 5.41) is 3.10. The van der Waals surface area contributed by atoms with Crippen molar-refractivity contribution in [3.63, 3.8) is 0 Å². The molecule has 0 amide bonds. The molecule has 0 saturated carbocycles. The van der Waals surface area contributed by atoms with Crippen molar-refractivity contribution in [2.24, 2.45) is 0 Å². The lowest BCUT2D eigenvalue weighted by Crippen LogP contribution is -2.03. The maximum atomic E-state index is 4.41. The van der Waals surface area contributed by atoms with Crippen LogP contribution in [0.1, 0.15) is 18.2 Å². The molecular formula is C12H14N4. The van der Waals surface area contributed by atoms with Gasteiger partial charge in [-0.1, -0.05) is 6.07 Å². The van der Waals surface area contributed by atoms with Gasteiger partial charge in [-0.2, -0.15) is 0 Å². The Balaban J connectivity index is 2.12. The van der Waals surface area contributed by atoms with Crippen molar-refractivity contribution in [1.82, 2.24) is 15.0 Å². The molecule has 2 aromatic heterocycles. The Labute approximate surface area is 94.8 Å². The summed E-state index contributed by atoms with van der Waals surface area (Å²) < 4.78 is 0. The van der Waals surface area contributed by atoms with Gasteiger partial charge in [0.25, 0.3) is 0 Å². The van der Waals surface area contributed by atoms with E-state index in [1.165, 1.54) is 0 Å².